The number of rotatable bonds is 6. The van der Waals surface area contributed by atoms with Crippen molar-refractivity contribution >= 4 is 21.8 Å². The van der Waals surface area contributed by atoms with Gasteiger partial charge in [-0.15, -0.1) is 0 Å². The van der Waals surface area contributed by atoms with Crippen LogP contribution in [0.1, 0.15) is 161 Å². The van der Waals surface area contributed by atoms with Gasteiger partial charge in [0.25, 0.3) is 0 Å². The van der Waals surface area contributed by atoms with Crippen molar-refractivity contribution in [3.63, 3.8) is 0 Å². The molecule has 460 valence electrons. The molecule has 4 heteroatoms. The van der Waals surface area contributed by atoms with Gasteiger partial charge in [0.15, 0.2) is 43.7 Å². The van der Waals surface area contributed by atoms with Crippen LogP contribution in [0.5, 0.6) is 0 Å². The van der Waals surface area contributed by atoms with Gasteiger partial charge >= 0.3 is 42.4 Å². The van der Waals surface area contributed by atoms with Gasteiger partial charge in [0, 0.05) is 35.1 Å². The molecule has 86 heavy (non-hydrogen) atoms. The summed E-state index contributed by atoms with van der Waals surface area (Å²) in [5.74, 6) is 0. The van der Waals surface area contributed by atoms with Gasteiger partial charge in [-0.3, -0.25) is 0 Å². The zero-order chi connectivity index (χ0) is 64.6. The van der Waals surface area contributed by atoms with Gasteiger partial charge in [0.05, 0.1) is 21.8 Å². The van der Waals surface area contributed by atoms with Crippen LogP contribution < -0.4 is 42.4 Å². The summed E-state index contributed by atoms with van der Waals surface area (Å²) >= 11 is 0.104. The molecule has 0 N–H and O–H groups in total. The van der Waals surface area contributed by atoms with E-state index in [0.29, 0.717) is 0 Å². The molecular weight excluding hydrogens is 1300 g/mol. The maximum atomic E-state index is 2.29. The lowest BCUT2D eigenvalue weighted by molar-refractivity contribution is -0.601. The van der Waals surface area contributed by atoms with Crippen LogP contribution in [0.15, 0.2) is 308 Å². The highest BCUT2D eigenvalue weighted by molar-refractivity contribution is 7.97. The van der Waals surface area contributed by atoms with E-state index in [-0.39, 0.29) is 64.2 Å². The summed E-state index contributed by atoms with van der Waals surface area (Å²) in [6.45, 7) is 40.0. The minimum absolute atomic E-state index is 0.0146. The second kappa shape index (κ2) is 57.1. The second-order valence-corrected chi connectivity index (χ2v) is 25.3. The Morgan fingerprint density at radius 3 is 0.802 bits per heavy atom. The van der Waals surface area contributed by atoms with E-state index in [1.807, 2.05) is 138 Å². The van der Waals surface area contributed by atoms with Gasteiger partial charge in [-0.1, -0.05) is 320 Å². The summed E-state index contributed by atoms with van der Waals surface area (Å²) in [7, 11) is 0.0275. The largest absolute Gasteiger partial charge is 0.358 e. The third-order valence-corrected chi connectivity index (χ3v) is 21.5. The molecule has 0 fully saturated rings. The Morgan fingerprint density at radius 2 is 0.488 bits per heavy atom. The maximum absolute atomic E-state index is 2.29. The fourth-order valence-corrected chi connectivity index (χ4v) is 17.4. The van der Waals surface area contributed by atoms with Crippen molar-refractivity contribution < 1.29 is 42.4 Å². The van der Waals surface area contributed by atoms with Gasteiger partial charge in [0.1, 0.15) is 0 Å². The highest BCUT2D eigenvalue weighted by Gasteiger charge is 2.37. The van der Waals surface area contributed by atoms with Crippen LogP contribution in [0.4, 0.5) is 0 Å². The monoisotopic (exact) mass is 1410 g/mol. The smallest absolute Gasteiger partial charge is 0.0683 e. The number of hydrogen-bond acceptors (Lipinski definition) is 0. The third kappa shape index (κ3) is 29.4. The van der Waals surface area contributed by atoms with E-state index in [1.165, 1.54) is 47.6 Å². The lowest BCUT2D eigenvalue weighted by atomic mass is 10.0. The molecule has 12 rings (SSSR count). The van der Waals surface area contributed by atoms with Crippen molar-refractivity contribution in [1.82, 2.24) is 0 Å². The minimum atomic E-state index is -0.0146. The molecule has 0 bridgehead atoms. The average molecular weight is 1410 g/mol. The zero-order valence-corrected chi connectivity index (χ0v) is 62.5. The molecule has 10 aromatic rings. The maximum Gasteiger partial charge on any atom is 0.358 e. The van der Waals surface area contributed by atoms with Crippen LogP contribution in [0.3, 0.4) is 0 Å². The predicted octanol–water partition coefficient (Wildman–Crippen LogP) is 19.3. The van der Waals surface area contributed by atoms with Crippen LogP contribution in [0.2, 0.25) is 0 Å². The average Bonchev–Trinajstić information content (AvgIpc) is 3.81. The normalized spacial score (nSPS) is 9.83. The summed E-state index contributed by atoms with van der Waals surface area (Å²) in [5.41, 5.74) is 6.02. The molecule has 2 aliphatic heterocycles. The quantitative estimate of drug-likeness (QED) is 0.115. The molecule has 0 aliphatic carbocycles. The number of fused-ring (bicyclic) bond motifs is 4. The topological polar surface area (TPSA) is 0 Å². The summed E-state index contributed by atoms with van der Waals surface area (Å²) in [4.78, 5) is 8.46. The van der Waals surface area contributed by atoms with E-state index in [2.05, 4.69) is 279 Å². The van der Waals surface area contributed by atoms with Crippen molar-refractivity contribution in [2.24, 2.45) is 0 Å². The van der Waals surface area contributed by atoms with Crippen LogP contribution in [0.25, 0.3) is 0 Å². The van der Waals surface area contributed by atoms with Gasteiger partial charge in [-0.25, -0.2) is 0 Å². The van der Waals surface area contributed by atoms with Crippen molar-refractivity contribution in [2.45, 2.75) is 181 Å². The molecule has 0 spiro atoms. The Balaban J connectivity index is 0. The third-order valence-electron chi connectivity index (χ3n) is 10.9. The summed E-state index contributed by atoms with van der Waals surface area (Å²) in [5, 5.41) is 0. The Hall–Kier alpha value is -5.64. The Labute approximate surface area is 555 Å². The fourth-order valence-electron chi connectivity index (χ4n) is 7.77. The molecule has 0 saturated carbocycles. The lowest BCUT2D eigenvalue weighted by Gasteiger charge is -2.19. The molecule has 0 unspecified atom stereocenters. The molecule has 0 amide bonds. The lowest BCUT2D eigenvalue weighted by Crippen LogP contribution is -3.62. The second-order valence-electron chi connectivity index (χ2n) is 15.4. The van der Waals surface area contributed by atoms with Crippen molar-refractivity contribution in [2.75, 3.05) is 0 Å². The van der Waals surface area contributed by atoms with Crippen LogP contribution in [0, 0.1) is 14.3 Å². The van der Waals surface area contributed by atoms with E-state index in [9.17, 15) is 0 Å². The molecule has 0 radical (unpaired) electrons. The molecule has 2 heterocycles. The van der Waals surface area contributed by atoms with Crippen molar-refractivity contribution in [3.05, 3.63) is 316 Å². The van der Waals surface area contributed by atoms with E-state index in [0.717, 1.165) is 12.8 Å². The van der Waals surface area contributed by atoms with Crippen LogP contribution >= 0.6 is 0 Å². The van der Waals surface area contributed by atoms with E-state index in [1.54, 1.807) is 18.3 Å². The SMILES string of the molecule is CC.CC.CC.CC.CC.CC.CC.CC.CC.CC.c1ccc([I+]c2ccccc2)cc1.c1ccc([S+](c2ccccc2)c2ccccc2)cc1.c1ccc([S+]2c3ccccc3Cc3ccccc32)cc1.c1ccc2c(c1)Cc1ccccc1[I+]2. The number of benzene rings is 10. The summed E-state index contributed by atoms with van der Waals surface area (Å²) in [6, 6.07) is 99.9. The van der Waals surface area contributed by atoms with Gasteiger partial charge in [-0.05, 0) is 97.1 Å². The number of hydrogen-bond donors (Lipinski definition) is 0. The Kier molecular flexibility index (Phi) is 54.7. The van der Waals surface area contributed by atoms with E-state index < -0.39 is 0 Å². The predicted molar refractivity (Wildman–Crippen MR) is 383 cm³/mol. The highest BCUT2D eigenvalue weighted by Crippen LogP contribution is 2.40. The Bertz CT molecular complexity index is 2760. The van der Waals surface area contributed by atoms with Crippen LogP contribution in [-0.2, 0) is 34.6 Å². The van der Waals surface area contributed by atoms with Gasteiger partial charge in [0.2, 0.25) is 0 Å². The first-order valence-electron chi connectivity index (χ1n) is 32.2. The molecule has 10 aromatic carbocycles. The molecule has 0 nitrogen and oxygen atoms in total. The van der Waals surface area contributed by atoms with Crippen LogP contribution in [-0.4, -0.2) is 0 Å². The molecule has 2 aliphatic rings. The first-order valence-corrected chi connectivity index (χ1v) is 38.9. The summed E-state index contributed by atoms with van der Waals surface area (Å²) < 4.78 is 6.16. The highest BCUT2D eigenvalue weighted by atomic mass is 127. The first kappa shape index (κ1) is 82.4. The molecule has 0 atom stereocenters. The standard InChI is InChI=1S/C19H15S.C18H15S.C13H10I.C12H10I.10C2H6/c1-2-10-17(11-3-1)20-18-12-6-4-8-15(18)14-16-9-5-7-13-19(16)20;1-4-10-16(11-5-1)19(17-12-6-2-7-13-17)18-14-8-3-9-15-18;1-3-7-12-10(5-1)9-11-6-2-4-8-13(11)14-12;1-3-7-11(8-4-1)13-12-9-5-2-6-10-12;10*1-2/h1-13H,14H2;1-15H;1-8H,9H2;1-10H;10*1-2H3/q4*+1;;;;;;;;;;. The summed E-state index contributed by atoms with van der Waals surface area (Å²) in [6.07, 6.45) is 2.19. The van der Waals surface area contributed by atoms with Gasteiger partial charge in [-0.2, -0.15) is 0 Å². The van der Waals surface area contributed by atoms with Gasteiger partial charge < -0.3 is 0 Å². The minimum Gasteiger partial charge on any atom is -0.0683 e. The molecule has 0 aromatic heterocycles. The molecule has 0 saturated heterocycles. The molecular formula is C82H110I2S2+4. The fraction of sp³-hybridized carbons (Fsp3) is 0.268. The Morgan fingerprint density at radius 1 is 0.256 bits per heavy atom. The first-order chi connectivity index (χ1) is 42.8. The zero-order valence-electron chi connectivity index (χ0n) is 56.5. The van der Waals surface area contributed by atoms with Crippen molar-refractivity contribution in [3.8, 4) is 0 Å². The number of halogens is 2. The van der Waals surface area contributed by atoms with Crippen molar-refractivity contribution in [1.29, 1.82) is 0 Å². The van der Waals surface area contributed by atoms with E-state index >= 15 is 0 Å². The van der Waals surface area contributed by atoms with E-state index in [4.69, 9.17) is 0 Å².